The van der Waals surface area contributed by atoms with Crippen LogP contribution in [-0.4, -0.2) is 81.0 Å². The number of fused-ring (bicyclic) bond motifs is 6. The molecule has 3 aliphatic heterocycles. The zero-order valence-electron chi connectivity index (χ0n) is 28.2. The van der Waals surface area contributed by atoms with Crippen LogP contribution in [0.3, 0.4) is 0 Å². The van der Waals surface area contributed by atoms with Crippen LogP contribution in [0, 0.1) is 18.8 Å². The normalized spacial score (nSPS) is 28.2. The third kappa shape index (κ3) is 6.59. The molecule has 1 saturated carbocycles. The number of aryl methyl sites for hydroxylation is 3. The molecular formula is C37H46ClN5O5S. The summed E-state index contributed by atoms with van der Waals surface area (Å²) in [6.07, 6.45) is 7.19. The predicted octanol–water partition coefficient (Wildman–Crippen LogP) is 4.89. The molecule has 8 rings (SSSR count). The molecule has 10 nitrogen and oxygen atoms in total. The second kappa shape index (κ2) is 13.2. The van der Waals surface area contributed by atoms with E-state index in [2.05, 4.69) is 26.7 Å². The average molecular weight is 708 g/mol. The molecule has 2 fully saturated rings. The topological polar surface area (TPSA) is 106 Å². The summed E-state index contributed by atoms with van der Waals surface area (Å²) in [6.45, 7) is 8.56. The number of aromatic nitrogens is 2. The van der Waals surface area contributed by atoms with Gasteiger partial charge >= 0.3 is 0 Å². The van der Waals surface area contributed by atoms with E-state index in [9.17, 15) is 13.2 Å². The van der Waals surface area contributed by atoms with Crippen molar-refractivity contribution in [1.82, 2.24) is 19.4 Å². The molecule has 2 aromatic carbocycles. The van der Waals surface area contributed by atoms with E-state index in [0.29, 0.717) is 49.6 Å². The van der Waals surface area contributed by atoms with E-state index in [1.807, 2.05) is 23.7 Å². The highest BCUT2D eigenvalue weighted by atomic mass is 35.5. The molecule has 4 heterocycles. The first-order chi connectivity index (χ1) is 23.7. The zero-order chi connectivity index (χ0) is 33.8. The van der Waals surface area contributed by atoms with Gasteiger partial charge in [0, 0.05) is 42.3 Å². The fourth-order valence-electron chi connectivity index (χ4n) is 8.76. The number of benzene rings is 2. The maximum Gasteiger partial charge on any atom is 0.264 e. The van der Waals surface area contributed by atoms with E-state index < -0.39 is 15.9 Å². The Bertz CT molecular complexity index is 1840. The second-order valence-corrected chi connectivity index (χ2v) is 17.0. The number of halogens is 1. The van der Waals surface area contributed by atoms with Crippen LogP contribution in [0.25, 0.3) is 0 Å². The lowest BCUT2D eigenvalue weighted by molar-refractivity contribution is -0.118. The van der Waals surface area contributed by atoms with Gasteiger partial charge in [0.15, 0.2) is 0 Å². The van der Waals surface area contributed by atoms with Gasteiger partial charge in [-0.25, -0.2) is 13.1 Å². The summed E-state index contributed by atoms with van der Waals surface area (Å²) >= 11 is 6.46. The molecule has 1 spiro atoms. The average Bonchev–Trinajstić information content (AvgIpc) is 3.29. The maximum absolute atomic E-state index is 13.6. The summed E-state index contributed by atoms with van der Waals surface area (Å²) in [6, 6.07) is 13.1. The quantitative estimate of drug-likeness (QED) is 0.409. The van der Waals surface area contributed by atoms with E-state index in [-0.39, 0.29) is 22.8 Å². The van der Waals surface area contributed by atoms with Crippen LogP contribution in [0.2, 0.25) is 5.02 Å². The fraction of sp³-hybridized carbons (Fsp3) is 0.568. The van der Waals surface area contributed by atoms with Crippen molar-refractivity contribution in [2.45, 2.75) is 81.2 Å². The lowest BCUT2D eigenvalue weighted by Crippen LogP contribution is -2.50. The Hall–Kier alpha value is -3.12. The van der Waals surface area contributed by atoms with Crippen molar-refractivity contribution in [3.05, 3.63) is 70.0 Å². The van der Waals surface area contributed by atoms with Gasteiger partial charge in [0.05, 0.1) is 42.0 Å². The van der Waals surface area contributed by atoms with Gasteiger partial charge in [-0.05, 0) is 124 Å². The summed E-state index contributed by atoms with van der Waals surface area (Å²) < 4.78 is 44.9. The first-order valence-corrected chi connectivity index (χ1v) is 19.8. The van der Waals surface area contributed by atoms with E-state index in [0.717, 1.165) is 81.1 Å². The van der Waals surface area contributed by atoms with Crippen LogP contribution in [0.4, 0.5) is 5.69 Å². The molecule has 0 radical (unpaired) electrons. The number of nitrogens with one attached hydrogen (secondary N) is 1. The highest BCUT2D eigenvalue weighted by molar-refractivity contribution is 7.90. The summed E-state index contributed by atoms with van der Waals surface area (Å²) in [7, 11) is -4.14. The highest BCUT2D eigenvalue weighted by Gasteiger charge is 2.45. The Labute approximate surface area is 294 Å². The van der Waals surface area contributed by atoms with Crippen molar-refractivity contribution < 1.29 is 22.7 Å². The van der Waals surface area contributed by atoms with Crippen LogP contribution < -0.4 is 14.4 Å². The zero-order valence-corrected chi connectivity index (χ0v) is 29.8. The fourth-order valence-corrected chi connectivity index (χ4v) is 9.96. The highest BCUT2D eigenvalue weighted by Crippen LogP contribution is 2.47. The minimum absolute atomic E-state index is 0.0448. The Balaban J connectivity index is 1.17. The van der Waals surface area contributed by atoms with Crippen LogP contribution in [0.1, 0.15) is 61.0 Å². The van der Waals surface area contributed by atoms with E-state index in [1.165, 1.54) is 17.5 Å². The third-order valence-corrected chi connectivity index (χ3v) is 13.3. The molecule has 4 atom stereocenters. The Morgan fingerprint density at radius 2 is 1.96 bits per heavy atom. The number of carbonyl (C=O) groups is 1. The van der Waals surface area contributed by atoms with Gasteiger partial charge < -0.3 is 19.3 Å². The van der Waals surface area contributed by atoms with Gasteiger partial charge in [0.2, 0.25) is 5.91 Å². The van der Waals surface area contributed by atoms with E-state index in [1.54, 1.807) is 18.2 Å². The first-order valence-electron chi connectivity index (χ1n) is 17.9. The lowest BCUT2D eigenvalue weighted by atomic mass is 9.68. The van der Waals surface area contributed by atoms with Gasteiger partial charge in [-0.2, -0.15) is 5.10 Å². The van der Waals surface area contributed by atoms with E-state index >= 15 is 0 Å². The largest absolute Gasteiger partial charge is 0.490 e. The molecule has 1 saturated heterocycles. The van der Waals surface area contributed by atoms with Crippen LogP contribution in [0.5, 0.6) is 5.75 Å². The predicted molar refractivity (Wildman–Crippen MR) is 188 cm³/mol. The number of carbonyl (C=O) groups excluding carboxylic acids is 1. The Morgan fingerprint density at radius 3 is 2.76 bits per heavy atom. The molecule has 1 aromatic heterocycles. The van der Waals surface area contributed by atoms with Gasteiger partial charge in [-0.1, -0.05) is 17.7 Å². The molecule has 1 amide bonds. The number of nitrogens with zero attached hydrogens (tertiary/aromatic N) is 4. The number of sulfonamides is 1. The number of rotatable bonds is 4. The van der Waals surface area contributed by atoms with Crippen LogP contribution in [0.15, 0.2) is 47.4 Å². The molecule has 4 bridgehead atoms. The standard InChI is InChI=1S/C37H46ClN5O5S/c1-25-18-29-20-36(44)40-49(45,46)30-7-10-35-33(21-30)42(23-37(24-48-35)12-2-4-26-19-28(38)6-9-32(26)37)22-27-5-8-31(27)34(11-15-43(25)39-29)47-17-16-41-13-3-14-41/h6-7,9-10,18-19,21,27,31,34H,2-5,8,11-17,20,22-24H2,1H3,(H,40,44)/t27-,31+,34?,37-/m0/s1. The monoisotopic (exact) mass is 707 g/mol. The first kappa shape index (κ1) is 33.0. The third-order valence-electron chi connectivity index (χ3n) is 11.7. The number of hydrogen-bond acceptors (Lipinski definition) is 8. The number of likely N-dealkylation sites (tertiary alicyclic amines) is 1. The summed E-state index contributed by atoms with van der Waals surface area (Å²) in [4.78, 5) is 18.0. The van der Waals surface area contributed by atoms with Gasteiger partial charge in [0.1, 0.15) is 5.75 Å². The van der Waals surface area contributed by atoms with Crippen molar-refractivity contribution in [1.29, 1.82) is 0 Å². The summed E-state index contributed by atoms with van der Waals surface area (Å²) in [5.74, 6) is 0.798. The molecule has 49 heavy (non-hydrogen) atoms. The SMILES string of the molecule is Cc1cc2nn1CCC(OCCN1CCC1)[C@@H]1CC[C@H]1CN1C[C@@]3(CCCc4cc(Cl)ccc43)COc3ccc(cc31)S(=O)(=O)NC(=O)C2. The second-order valence-electron chi connectivity index (χ2n) is 14.8. The molecular weight excluding hydrogens is 662 g/mol. The number of hydrogen-bond donors (Lipinski definition) is 1. The minimum atomic E-state index is -4.14. The molecule has 3 aromatic rings. The van der Waals surface area contributed by atoms with Gasteiger partial charge in [-0.15, -0.1) is 0 Å². The smallest absolute Gasteiger partial charge is 0.264 e. The maximum atomic E-state index is 13.6. The van der Waals surface area contributed by atoms with Crippen LogP contribution >= 0.6 is 11.6 Å². The van der Waals surface area contributed by atoms with Crippen molar-refractivity contribution in [3.8, 4) is 5.75 Å². The van der Waals surface area contributed by atoms with Crippen LogP contribution in [-0.2, 0) is 44.4 Å². The molecule has 262 valence electrons. The van der Waals surface area contributed by atoms with Crippen molar-refractivity contribution in [3.63, 3.8) is 0 Å². The van der Waals surface area contributed by atoms with Gasteiger partial charge in [-0.3, -0.25) is 9.48 Å². The molecule has 2 aliphatic carbocycles. The number of anilines is 1. The number of amides is 1. The Morgan fingerprint density at radius 1 is 1.08 bits per heavy atom. The summed E-state index contributed by atoms with van der Waals surface area (Å²) in [5.41, 5.74) is 4.51. The minimum Gasteiger partial charge on any atom is -0.490 e. The lowest BCUT2D eigenvalue weighted by Gasteiger charge is -2.46. The van der Waals surface area contributed by atoms with E-state index in [4.69, 9.17) is 26.2 Å². The Kier molecular flexibility index (Phi) is 8.91. The van der Waals surface area contributed by atoms with Crippen molar-refractivity contribution in [2.24, 2.45) is 11.8 Å². The molecule has 12 heteroatoms. The van der Waals surface area contributed by atoms with Crippen molar-refractivity contribution in [2.75, 3.05) is 50.8 Å². The number of ether oxygens (including phenoxy) is 2. The van der Waals surface area contributed by atoms with Crippen molar-refractivity contribution >= 4 is 33.2 Å². The molecule has 1 N–H and O–H groups in total. The summed E-state index contributed by atoms with van der Waals surface area (Å²) in [5, 5.41) is 5.44. The molecule has 1 unspecified atom stereocenters. The van der Waals surface area contributed by atoms with Gasteiger partial charge in [0.25, 0.3) is 10.0 Å². The molecule has 5 aliphatic rings.